The van der Waals surface area contributed by atoms with Crippen molar-refractivity contribution in [1.82, 2.24) is 16.0 Å². The van der Waals surface area contributed by atoms with E-state index < -0.39 is 18.0 Å². The molecule has 0 aliphatic heterocycles. The van der Waals surface area contributed by atoms with E-state index in [-0.39, 0.29) is 23.9 Å². The van der Waals surface area contributed by atoms with Crippen LogP contribution in [0.4, 0.5) is 0 Å². The molecular weight excluding hydrogens is 474 g/mol. The lowest BCUT2D eigenvalue weighted by Crippen LogP contribution is -2.52. The van der Waals surface area contributed by atoms with Crippen LogP contribution < -0.4 is 16.0 Å². The minimum absolute atomic E-state index is 0.0278. The molecule has 0 saturated heterocycles. The van der Waals surface area contributed by atoms with Crippen molar-refractivity contribution in [2.45, 2.75) is 45.9 Å². The fourth-order valence-corrected chi connectivity index (χ4v) is 3.05. The van der Waals surface area contributed by atoms with Crippen LogP contribution in [-0.4, -0.2) is 41.9 Å². The Balaban J connectivity index is 1.68. The van der Waals surface area contributed by atoms with Gasteiger partial charge in [-0.3, -0.25) is 14.4 Å². The first kappa shape index (κ1) is 25.5. The van der Waals surface area contributed by atoms with Crippen LogP contribution in [0.5, 0.6) is 0 Å². The summed E-state index contributed by atoms with van der Waals surface area (Å²) in [6.45, 7) is 5.59. The maximum atomic E-state index is 12.1. The lowest BCUT2D eigenvalue weighted by Gasteiger charge is -2.18. The third-order valence-electron chi connectivity index (χ3n) is 4.81. The van der Waals surface area contributed by atoms with Crippen LogP contribution in [0.15, 0.2) is 48.5 Å². The number of alkyl halides is 1. The van der Waals surface area contributed by atoms with Crippen molar-refractivity contribution in [3.05, 3.63) is 70.8 Å². The summed E-state index contributed by atoms with van der Waals surface area (Å²) in [5.41, 5.74) is 4.74. The van der Waals surface area contributed by atoms with E-state index in [9.17, 15) is 14.4 Å². The number of rotatable bonds is 11. The van der Waals surface area contributed by atoms with Gasteiger partial charge in [-0.1, -0.05) is 70.0 Å². The van der Waals surface area contributed by atoms with Gasteiger partial charge >= 0.3 is 0 Å². The molecule has 3 N–H and O–H groups in total. The molecule has 0 fully saturated rings. The molecule has 0 radical (unpaired) electrons. The summed E-state index contributed by atoms with van der Waals surface area (Å²) in [7, 11) is 0. The van der Waals surface area contributed by atoms with Crippen molar-refractivity contribution < 1.29 is 19.1 Å². The maximum absolute atomic E-state index is 12.1. The summed E-state index contributed by atoms with van der Waals surface area (Å²) in [5.74, 6) is -1.11. The van der Waals surface area contributed by atoms with E-state index in [2.05, 4.69) is 75.2 Å². The average molecular weight is 504 g/mol. The first-order valence-corrected chi connectivity index (χ1v) is 11.5. The normalized spacial score (nSPS) is 12.5. The molecule has 8 heteroatoms. The second-order valence-electron chi connectivity index (χ2n) is 7.67. The molecule has 0 unspecified atom stereocenters. The highest BCUT2D eigenvalue weighted by atomic mass is 79.9. The molecule has 0 aliphatic carbocycles. The summed E-state index contributed by atoms with van der Waals surface area (Å²) in [4.78, 5) is 35.5. The quantitative estimate of drug-likeness (QED) is 0.249. The Morgan fingerprint density at radius 2 is 1.38 bits per heavy atom. The lowest BCUT2D eigenvalue weighted by molar-refractivity contribution is -0.131. The molecule has 0 saturated carbocycles. The first-order chi connectivity index (χ1) is 15.3. The van der Waals surface area contributed by atoms with E-state index in [0.29, 0.717) is 6.61 Å². The fraction of sp³-hybridized carbons (Fsp3) is 0.375. The SMILES string of the molecule is Cc1ccc(Cc2ccc(COCNC(=O)[C@H](C)NC(=O)[C@H](C)NC(=O)CBr)cc2)cc1. The third kappa shape index (κ3) is 8.80. The van der Waals surface area contributed by atoms with Crippen LogP contribution >= 0.6 is 15.9 Å². The van der Waals surface area contributed by atoms with Crippen LogP contribution in [0.3, 0.4) is 0 Å². The van der Waals surface area contributed by atoms with Gasteiger partial charge in [0.2, 0.25) is 17.7 Å². The monoisotopic (exact) mass is 503 g/mol. The molecule has 0 aliphatic rings. The van der Waals surface area contributed by atoms with Crippen LogP contribution in [-0.2, 0) is 32.1 Å². The van der Waals surface area contributed by atoms with E-state index in [4.69, 9.17) is 4.74 Å². The fourth-order valence-electron chi connectivity index (χ4n) is 2.89. The van der Waals surface area contributed by atoms with Crippen molar-refractivity contribution in [2.24, 2.45) is 0 Å². The highest BCUT2D eigenvalue weighted by molar-refractivity contribution is 9.09. The van der Waals surface area contributed by atoms with Gasteiger partial charge in [0.25, 0.3) is 0 Å². The first-order valence-electron chi connectivity index (χ1n) is 10.4. The molecule has 0 heterocycles. The number of aryl methyl sites for hydroxylation is 1. The molecular formula is C24H30BrN3O4. The number of hydrogen-bond acceptors (Lipinski definition) is 4. The second kappa shape index (κ2) is 13.0. The average Bonchev–Trinajstić information content (AvgIpc) is 2.78. The number of carbonyl (C=O) groups is 3. The van der Waals surface area contributed by atoms with Gasteiger partial charge in [0, 0.05) is 0 Å². The topological polar surface area (TPSA) is 96.5 Å². The second-order valence-corrected chi connectivity index (χ2v) is 8.23. The van der Waals surface area contributed by atoms with Crippen molar-refractivity contribution in [3.63, 3.8) is 0 Å². The Morgan fingerprint density at radius 3 is 1.97 bits per heavy atom. The number of amides is 3. The molecule has 2 rings (SSSR count). The molecule has 2 atom stereocenters. The number of carbonyl (C=O) groups excluding carboxylic acids is 3. The smallest absolute Gasteiger partial charge is 0.244 e. The number of hydrogen-bond donors (Lipinski definition) is 3. The van der Waals surface area contributed by atoms with Crippen molar-refractivity contribution >= 4 is 33.7 Å². The lowest BCUT2D eigenvalue weighted by atomic mass is 10.0. The van der Waals surface area contributed by atoms with E-state index in [1.807, 2.05) is 12.1 Å². The number of ether oxygens (including phenoxy) is 1. The molecule has 0 bridgehead atoms. The Morgan fingerprint density at radius 1 is 0.844 bits per heavy atom. The molecule has 0 spiro atoms. The van der Waals surface area contributed by atoms with E-state index in [1.54, 1.807) is 13.8 Å². The van der Waals surface area contributed by atoms with Gasteiger partial charge in [-0.05, 0) is 43.9 Å². The minimum atomic E-state index is -0.754. The summed E-state index contributed by atoms with van der Waals surface area (Å²) in [6, 6.07) is 15.2. The summed E-state index contributed by atoms with van der Waals surface area (Å²) in [6.07, 6.45) is 0.874. The zero-order valence-corrected chi connectivity index (χ0v) is 20.2. The maximum Gasteiger partial charge on any atom is 0.244 e. The Hall–Kier alpha value is -2.71. The van der Waals surface area contributed by atoms with Crippen LogP contribution in [0.1, 0.15) is 36.1 Å². The predicted octanol–water partition coefficient (Wildman–Crippen LogP) is 2.58. The van der Waals surface area contributed by atoms with E-state index >= 15 is 0 Å². The van der Waals surface area contributed by atoms with Crippen LogP contribution in [0.25, 0.3) is 0 Å². The van der Waals surface area contributed by atoms with Crippen molar-refractivity contribution in [1.29, 1.82) is 0 Å². The largest absolute Gasteiger partial charge is 0.357 e. The molecule has 3 amide bonds. The molecule has 2 aromatic rings. The Kier molecular flexibility index (Phi) is 10.4. The molecule has 172 valence electrons. The van der Waals surface area contributed by atoms with E-state index in [1.165, 1.54) is 16.7 Å². The van der Waals surface area contributed by atoms with E-state index in [0.717, 1.165) is 12.0 Å². The molecule has 32 heavy (non-hydrogen) atoms. The Bertz CT molecular complexity index is 900. The van der Waals surface area contributed by atoms with Crippen molar-refractivity contribution in [2.75, 3.05) is 12.1 Å². The number of nitrogens with one attached hydrogen (secondary N) is 3. The molecule has 0 aromatic heterocycles. The van der Waals surface area contributed by atoms with Gasteiger partial charge in [-0.15, -0.1) is 0 Å². The predicted molar refractivity (Wildman–Crippen MR) is 127 cm³/mol. The van der Waals surface area contributed by atoms with Gasteiger partial charge < -0.3 is 20.7 Å². The summed E-state index contributed by atoms with van der Waals surface area (Å²) in [5, 5.41) is 7.80. The van der Waals surface area contributed by atoms with Crippen LogP contribution in [0, 0.1) is 6.92 Å². The van der Waals surface area contributed by atoms with Gasteiger partial charge in [0.1, 0.15) is 18.8 Å². The summed E-state index contributed by atoms with van der Waals surface area (Å²) < 4.78 is 5.52. The highest BCUT2D eigenvalue weighted by Crippen LogP contribution is 2.12. The molecule has 7 nitrogen and oxygen atoms in total. The Labute approximate surface area is 197 Å². The standard InChI is InChI=1S/C24H30BrN3O4/c1-16-4-6-19(7-5-16)12-20-8-10-21(11-9-20)14-32-15-26-23(30)17(2)28-24(31)18(3)27-22(29)13-25/h4-11,17-18H,12-15H2,1-3H3,(H,26,30)(H,27,29)(H,28,31)/t17-,18-/m0/s1. The zero-order valence-electron chi connectivity index (χ0n) is 18.6. The van der Waals surface area contributed by atoms with Crippen molar-refractivity contribution in [3.8, 4) is 0 Å². The van der Waals surface area contributed by atoms with Gasteiger partial charge in [-0.25, -0.2) is 0 Å². The summed E-state index contributed by atoms with van der Waals surface area (Å²) >= 11 is 3.02. The number of benzene rings is 2. The van der Waals surface area contributed by atoms with Gasteiger partial charge in [0.15, 0.2) is 0 Å². The van der Waals surface area contributed by atoms with Crippen LogP contribution in [0.2, 0.25) is 0 Å². The zero-order chi connectivity index (χ0) is 23.5. The molecule has 2 aromatic carbocycles. The van der Waals surface area contributed by atoms with Gasteiger partial charge in [0.05, 0.1) is 11.9 Å². The number of halogens is 1. The van der Waals surface area contributed by atoms with Gasteiger partial charge in [-0.2, -0.15) is 0 Å². The minimum Gasteiger partial charge on any atom is -0.357 e. The highest BCUT2D eigenvalue weighted by Gasteiger charge is 2.20. The third-order valence-corrected chi connectivity index (χ3v) is 5.32.